The van der Waals surface area contributed by atoms with Crippen LogP contribution in [0.5, 0.6) is 0 Å². The molecule has 2 aliphatic heterocycles. The number of rotatable bonds is 4. The smallest absolute Gasteiger partial charge is 0.0480 e. The molecule has 0 amide bonds. The van der Waals surface area contributed by atoms with E-state index in [-0.39, 0.29) is 0 Å². The van der Waals surface area contributed by atoms with Crippen molar-refractivity contribution in [2.45, 2.75) is 44.6 Å². The third-order valence-corrected chi connectivity index (χ3v) is 4.39. The number of likely N-dealkylation sites (tertiary alicyclic amines) is 1. The van der Waals surface area contributed by atoms with Crippen LogP contribution >= 0.6 is 0 Å². The standard InChI is InChI=1S/C14H28N2O/c1-15-8-4-13-5-9-16(10-6-13)14-3-2-11-17-12-7-14/h13-15H,2-12H2,1H3. The lowest BCUT2D eigenvalue weighted by atomic mass is 9.92. The molecule has 2 saturated heterocycles. The molecule has 3 heteroatoms. The second kappa shape index (κ2) is 7.34. The lowest BCUT2D eigenvalue weighted by Crippen LogP contribution is -2.41. The average molecular weight is 240 g/mol. The van der Waals surface area contributed by atoms with Crippen LogP contribution in [0.15, 0.2) is 0 Å². The van der Waals surface area contributed by atoms with E-state index in [9.17, 15) is 0 Å². The van der Waals surface area contributed by atoms with E-state index < -0.39 is 0 Å². The Morgan fingerprint density at radius 2 is 1.94 bits per heavy atom. The number of ether oxygens (including phenoxy) is 1. The van der Waals surface area contributed by atoms with Gasteiger partial charge in [-0.2, -0.15) is 0 Å². The highest BCUT2D eigenvalue weighted by Crippen LogP contribution is 2.24. The molecular weight excluding hydrogens is 212 g/mol. The van der Waals surface area contributed by atoms with Gasteiger partial charge < -0.3 is 15.0 Å². The van der Waals surface area contributed by atoms with Crippen LogP contribution in [0.3, 0.4) is 0 Å². The van der Waals surface area contributed by atoms with E-state index in [2.05, 4.69) is 17.3 Å². The van der Waals surface area contributed by atoms with Crippen molar-refractivity contribution in [3.05, 3.63) is 0 Å². The lowest BCUT2D eigenvalue weighted by molar-refractivity contribution is 0.104. The van der Waals surface area contributed by atoms with E-state index in [1.54, 1.807) is 0 Å². The first-order valence-corrected chi connectivity index (χ1v) is 7.36. The van der Waals surface area contributed by atoms with E-state index in [1.807, 2.05) is 0 Å². The van der Waals surface area contributed by atoms with Crippen molar-refractivity contribution in [3.8, 4) is 0 Å². The highest BCUT2D eigenvalue weighted by Gasteiger charge is 2.25. The van der Waals surface area contributed by atoms with Crippen LogP contribution in [0.25, 0.3) is 0 Å². The van der Waals surface area contributed by atoms with Gasteiger partial charge in [-0.25, -0.2) is 0 Å². The summed E-state index contributed by atoms with van der Waals surface area (Å²) < 4.78 is 5.55. The van der Waals surface area contributed by atoms with Gasteiger partial charge in [-0.1, -0.05) is 0 Å². The number of nitrogens with one attached hydrogen (secondary N) is 1. The monoisotopic (exact) mass is 240 g/mol. The summed E-state index contributed by atoms with van der Waals surface area (Å²) in [4.78, 5) is 2.73. The Labute approximate surface area is 106 Å². The maximum Gasteiger partial charge on any atom is 0.0480 e. The molecule has 0 aromatic carbocycles. The van der Waals surface area contributed by atoms with Crippen molar-refractivity contribution >= 4 is 0 Å². The van der Waals surface area contributed by atoms with Crippen LogP contribution in [0, 0.1) is 5.92 Å². The molecule has 2 rings (SSSR count). The summed E-state index contributed by atoms with van der Waals surface area (Å²) in [5.74, 6) is 0.959. The van der Waals surface area contributed by atoms with Gasteiger partial charge in [0, 0.05) is 19.3 Å². The summed E-state index contributed by atoms with van der Waals surface area (Å²) in [7, 11) is 2.06. The van der Waals surface area contributed by atoms with Gasteiger partial charge in [0.25, 0.3) is 0 Å². The first kappa shape index (κ1) is 13.3. The van der Waals surface area contributed by atoms with Crippen molar-refractivity contribution in [1.82, 2.24) is 10.2 Å². The number of nitrogens with zero attached hydrogens (tertiary/aromatic N) is 1. The summed E-state index contributed by atoms with van der Waals surface area (Å²) in [5.41, 5.74) is 0. The number of hydrogen-bond donors (Lipinski definition) is 1. The molecule has 0 spiro atoms. The topological polar surface area (TPSA) is 24.5 Å². The molecule has 0 aliphatic carbocycles. The van der Waals surface area contributed by atoms with Crippen molar-refractivity contribution in [2.24, 2.45) is 5.92 Å². The third-order valence-electron chi connectivity index (χ3n) is 4.39. The molecule has 1 atom stereocenters. The maximum atomic E-state index is 5.55. The summed E-state index contributed by atoms with van der Waals surface area (Å²) in [6.45, 7) is 5.78. The molecule has 0 radical (unpaired) electrons. The van der Waals surface area contributed by atoms with Gasteiger partial charge >= 0.3 is 0 Å². The summed E-state index contributed by atoms with van der Waals surface area (Å²) in [5, 5.41) is 3.27. The highest BCUT2D eigenvalue weighted by atomic mass is 16.5. The van der Waals surface area contributed by atoms with Crippen LogP contribution in [-0.2, 0) is 4.74 Å². The molecule has 0 bridgehead atoms. The average Bonchev–Trinajstić information content (AvgIpc) is 2.66. The molecule has 100 valence electrons. The zero-order valence-corrected chi connectivity index (χ0v) is 11.3. The molecule has 1 unspecified atom stereocenters. The Kier molecular flexibility index (Phi) is 5.75. The summed E-state index contributed by atoms with van der Waals surface area (Å²) >= 11 is 0. The predicted octanol–water partition coefficient (Wildman–Crippen LogP) is 1.88. The second-order valence-electron chi connectivity index (χ2n) is 5.57. The lowest BCUT2D eigenvalue weighted by Gasteiger charge is -2.37. The highest BCUT2D eigenvalue weighted by molar-refractivity contribution is 4.79. The van der Waals surface area contributed by atoms with Crippen LogP contribution in [0.1, 0.15) is 38.5 Å². The fourth-order valence-electron chi connectivity index (χ4n) is 3.21. The molecule has 2 heterocycles. The largest absolute Gasteiger partial charge is 0.381 e. The summed E-state index contributed by atoms with van der Waals surface area (Å²) in [6.07, 6.45) is 8.02. The van der Waals surface area contributed by atoms with Crippen molar-refractivity contribution in [3.63, 3.8) is 0 Å². The SMILES string of the molecule is CNCCC1CCN(C2CCCOCC2)CC1. The van der Waals surface area contributed by atoms with E-state index in [0.29, 0.717) is 0 Å². The van der Waals surface area contributed by atoms with E-state index >= 15 is 0 Å². The molecule has 0 saturated carbocycles. The first-order chi connectivity index (χ1) is 8.40. The van der Waals surface area contributed by atoms with Crippen LogP contribution < -0.4 is 5.32 Å². The molecular formula is C14H28N2O. The van der Waals surface area contributed by atoms with E-state index in [4.69, 9.17) is 4.74 Å². The van der Waals surface area contributed by atoms with Gasteiger partial charge in [0.05, 0.1) is 0 Å². The van der Waals surface area contributed by atoms with Crippen molar-refractivity contribution in [2.75, 3.05) is 39.9 Å². The van der Waals surface area contributed by atoms with E-state index in [0.717, 1.165) is 25.2 Å². The Bertz CT molecular complexity index is 194. The predicted molar refractivity (Wildman–Crippen MR) is 71.3 cm³/mol. The molecule has 17 heavy (non-hydrogen) atoms. The molecule has 0 aromatic heterocycles. The van der Waals surface area contributed by atoms with Crippen molar-refractivity contribution < 1.29 is 4.74 Å². The van der Waals surface area contributed by atoms with Crippen molar-refractivity contribution in [1.29, 1.82) is 0 Å². The fourth-order valence-corrected chi connectivity index (χ4v) is 3.21. The quantitative estimate of drug-likeness (QED) is 0.812. The third kappa shape index (κ3) is 4.23. The first-order valence-electron chi connectivity index (χ1n) is 7.36. The minimum atomic E-state index is 0.808. The molecule has 2 fully saturated rings. The molecule has 2 aliphatic rings. The van der Waals surface area contributed by atoms with Crippen LogP contribution in [0.2, 0.25) is 0 Å². The minimum absolute atomic E-state index is 0.808. The van der Waals surface area contributed by atoms with Gasteiger partial charge in [-0.3, -0.25) is 0 Å². The Morgan fingerprint density at radius 3 is 2.71 bits per heavy atom. The van der Waals surface area contributed by atoms with Crippen LogP contribution in [-0.4, -0.2) is 50.8 Å². The van der Waals surface area contributed by atoms with Crippen LogP contribution in [0.4, 0.5) is 0 Å². The van der Waals surface area contributed by atoms with Gasteiger partial charge in [-0.15, -0.1) is 0 Å². The zero-order chi connectivity index (χ0) is 11.9. The molecule has 3 nitrogen and oxygen atoms in total. The maximum absolute atomic E-state index is 5.55. The Morgan fingerprint density at radius 1 is 1.12 bits per heavy atom. The fraction of sp³-hybridized carbons (Fsp3) is 1.00. The van der Waals surface area contributed by atoms with Gasteiger partial charge in [0.2, 0.25) is 0 Å². The Balaban J connectivity index is 1.70. The van der Waals surface area contributed by atoms with Gasteiger partial charge in [-0.05, 0) is 71.1 Å². The summed E-state index contributed by atoms with van der Waals surface area (Å²) in [6, 6.07) is 0.808. The zero-order valence-electron chi connectivity index (χ0n) is 11.3. The molecule has 1 N–H and O–H groups in total. The Hall–Kier alpha value is -0.120. The molecule has 0 aromatic rings. The number of piperidine rings is 1. The number of hydrogen-bond acceptors (Lipinski definition) is 3. The normalized spacial score (nSPS) is 29.1. The van der Waals surface area contributed by atoms with Gasteiger partial charge in [0.15, 0.2) is 0 Å². The second-order valence-corrected chi connectivity index (χ2v) is 5.57. The van der Waals surface area contributed by atoms with Gasteiger partial charge in [0.1, 0.15) is 0 Å². The minimum Gasteiger partial charge on any atom is -0.381 e. The van der Waals surface area contributed by atoms with E-state index in [1.165, 1.54) is 58.2 Å².